The van der Waals surface area contributed by atoms with Crippen molar-refractivity contribution in [2.24, 2.45) is 16.0 Å². The third-order valence-electron chi connectivity index (χ3n) is 4.85. The van der Waals surface area contributed by atoms with Crippen LogP contribution < -0.4 is 16.4 Å². The monoisotopic (exact) mass is 623 g/mol. The molecule has 21 heteroatoms. The van der Waals surface area contributed by atoms with Crippen LogP contribution in [0, 0.1) is 6.92 Å². The zero-order valence-electron chi connectivity index (χ0n) is 19.8. The molecule has 0 radical (unpaired) electrons. The highest BCUT2D eigenvalue weighted by molar-refractivity contribution is 7.86. The molecule has 0 aliphatic rings. The smallest absolute Gasteiger partial charge is 0.294 e. The number of carbonyl (C=O) groups is 1. The van der Waals surface area contributed by atoms with E-state index >= 15 is 0 Å². The van der Waals surface area contributed by atoms with Crippen molar-refractivity contribution in [3.8, 4) is 0 Å². The van der Waals surface area contributed by atoms with Gasteiger partial charge in [-0.3, -0.25) is 18.5 Å². The van der Waals surface area contributed by atoms with Crippen molar-refractivity contribution < 1.29 is 43.7 Å². The van der Waals surface area contributed by atoms with Gasteiger partial charge in [-0.05, 0) is 30.7 Å². The van der Waals surface area contributed by atoms with Crippen LogP contribution in [0.25, 0.3) is 10.2 Å². The number of primary amides is 1. The molecule has 0 atom stereocenters. The van der Waals surface area contributed by atoms with Gasteiger partial charge in [-0.25, -0.2) is 9.97 Å². The number of rotatable bonds is 12. The van der Waals surface area contributed by atoms with Crippen LogP contribution in [0.1, 0.15) is 15.9 Å². The Morgan fingerprint density at radius 2 is 1.54 bits per heavy atom. The fourth-order valence-electron chi connectivity index (χ4n) is 3.15. The molecule has 2 aromatic heterocycles. The van der Waals surface area contributed by atoms with E-state index in [2.05, 4.69) is 30.8 Å². The van der Waals surface area contributed by atoms with Crippen molar-refractivity contribution in [3.05, 3.63) is 29.3 Å². The van der Waals surface area contributed by atoms with Crippen LogP contribution in [-0.4, -0.2) is 79.4 Å². The first-order chi connectivity index (χ1) is 17.9. The molecule has 0 bridgehead atoms. The fraction of sp³-hybridized carbons (Fsp3) is 0.278. The molecular formula is C18H21N7O10S4. The summed E-state index contributed by atoms with van der Waals surface area (Å²) in [5, 5.41) is 13.3. The number of anilines is 2. The fourth-order valence-corrected chi connectivity index (χ4v) is 5.28. The summed E-state index contributed by atoms with van der Waals surface area (Å²) in [7, 11) is -13.2. The van der Waals surface area contributed by atoms with Crippen LogP contribution in [0.3, 0.4) is 0 Å². The number of pyridine rings is 1. The minimum Gasteiger partial charge on any atom is -0.368 e. The van der Waals surface area contributed by atoms with Gasteiger partial charge in [-0.15, -0.1) is 10.2 Å². The molecule has 0 saturated carbocycles. The molecule has 0 spiro atoms. The molecule has 1 aromatic carbocycles. The van der Waals surface area contributed by atoms with Gasteiger partial charge in [0.15, 0.2) is 5.82 Å². The topological polar surface area (TPSA) is 281 Å². The van der Waals surface area contributed by atoms with E-state index in [1.165, 1.54) is 19.1 Å². The maximum Gasteiger partial charge on any atom is 0.294 e. The maximum atomic E-state index is 12.2. The summed E-state index contributed by atoms with van der Waals surface area (Å²) < 4.78 is 94.8. The SMILES string of the molecule is Cc1c(N=Nc2nc3ccc(S(=O)(=O)O)cc3s2)c(NCCS(=O)(=O)O)nc(NCCS(=O)(=O)O)c1C(N)=O. The number of aromatic nitrogens is 2. The van der Waals surface area contributed by atoms with Crippen LogP contribution in [0.15, 0.2) is 33.3 Å². The summed E-state index contributed by atoms with van der Waals surface area (Å²) in [5.41, 5.74) is 5.64. The average Bonchev–Trinajstić information content (AvgIpc) is 3.18. The van der Waals surface area contributed by atoms with Crippen LogP contribution in [0.2, 0.25) is 0 Å². The van der Waals surface area contributed by atoms with Crippen LogP contribution >= 0.6 is 11.3 Å². The summed E-state index contributed by atoms with van der Waals surface area (Å²) >= 11 is 0.922. The minimum atomic E-state index is -4.45. The van der Waals surface area contributed by atoms with Gasteiger partial charge in [-0.2, -0.15) is 25.3 Å². The minimum absolute atomic E-state index is 0.0387. The lowest BCUT2D eigenvalue weighted by Gasteiger charge is -2.16. The lowest BCUT2D eigenvalue weighted by atomic mass is 10.1. The zero-order valence-corrected chi connectivity index (χ0v) is 23.0. The number of benzene rings is 1. The van der Waals surface area contributed by atoms with Crippen LogP contribution in [-0.2, 0) is 30.4 Å². The molecule has 3 aromatic rings. The van der Waals surface area contributed by atoms with Gasteiger partial charge < -0.3 is 16.4 Å². The third-order valence-corrected chi connectivity index (χ3v) is 8.04. The quantitative estimate of drug-likeness (QED) is 0.123. The molecule has 0 aliphatic carbocycles. The predicted octanol–water partition coefficient (Wildman–Crippen LogP) is 1.36. The Morgan fingerprint density at radius 1 is 0.949 bits per heavy atom. The van der Waals surface area contributed by atoms with Gasteiger partial charge in [-0.1, -0.05) is 11.3 Å². The largest absolute Gasteiger partial charge is 0.368 e. The Morgan fingerprint density at radius 3 is 2.08 bits per heavy atom. The molecular weight excluding hydrogens is 603 g/mol. The molecule has 7 N–H and O–H groups in total. The lowest BCUT2D eigenvalue weighted by Crippen LogP contribution is -2.22. The van der Waals surface area contributed by atoms with E-state index in [4.69, 9.17) is 14.8 Å². The first-order valence-corrected chi connectivity index (χ1v) is 15.9. The van der Waals surface area contributed by atoms with Crippen LogP contribution in [0.5, 0.6) is 0 Å². The normalized spacial score (nSPS) is 12.7. The molecule has 39 heavy (non-hydrogen) atoms. The van der Waals surface area contributed by atoms with E-state index in [1.54, 1.807) is 0 Å². The molecule has 0 fully saturated rings. The first kappa shape index (κ1) is 30.2. The van der Waals surface area contributed by atoms with Gasteiger partial charge in [0, 0.05) is 13.1 Å². The maximum absolute atomic E-state index is 12.2. The number of thiazole rings is 1. The van der Waals surface area contributed by atoms with Crippen molar-refractivity contribution in [3.63, 3.8) is 0 Å². The van der Waals surface area contributed by atoms with Crippen molar-refractivity contribution in [2.75, 3.05) is 35.2 Å². The molecule has 2 heterocycles. The van der Waals surface area contributed by atoms with E-state index in [0.717, 1.165) is 17.4 Å². The Hall–Kier alpha value is -3.34. The zero-order chi connectivity index (χ0) is 29.2. The second kappa shape index (κ2) is 11.4. The standard InChI is InChI=1S/C18H21N7O10S4/c1-9-13(15(19)26)16(20-4-6-37(27,28)29)23-17(21-5-7-38(30,31)32)14(9)24-25-18-22-11-3-2-10(39(33,34)35)8-12(11)36-18/h2-3,8H,4-7H2,1H3,(H2,19,26)(H2,20,21,23)(H,27,28,29)(H,30,31,32)(H,33,34,35). The number of hydrogen-bond acceptors (Lipinski definition) is 14. The van der Waals surface area contributed by atoms with Crippen molar-refractivity contribution in [2.45, 2.75) is 11.8 Å². The predicted molar refractivity (Wildman–Crippen MR) is 141 cm³/mol. The molecule has 0 saturated heterocycles. The summed E-state index contributed by atoms with van der Waals surface area (Å²) in [4.78, 5) is 20.2. The second-order valence-electron chi connectivity index (χ2n) is 7.75. The van der Waals surface area contributed by atoms with E-state index in [1.807, 2.05) is 0 Å². The number of azo groups is 1. The highest BCUT2D eigenvalue weighted by Gasteiger charge is 2.22. The summed E-state index contributed by atoms with van der Waals surface area (Å²) in [5.74, 6) is -2.76. The Bertz CT molecular complexity index is 1790. The van der Waals surface area contributed by atoms with Crippen molar-refractivity contribution in [1.29, 1.82) is 0 Å². The first-order valence-electron chi connectivity index (χ1n) is 10.5. The van der Waals surface area contributed by atoms with Crippen molar-refractivity contribution in [1.82, 2.24) is 9.97 Å². The number of hydrogen-bond donors (Lipinski definition) is 6. The van der Waals surface area contributed by atoms with Gasteiger partial charge >= 0.3 is 0 Å². The van der Waals surface area contributed by atoms with Gasteiger partial charge in [0.25, 0.3) is 36.3 Å². The van der Waals surface area contributed by atoms with E-state index in [-0.39, 0.29) is 51.6 Å². The Kier molecular flexibility index (Phi) is 8.84. The number of nitrogens with one attached hydrogen (secondary N) is 2. The highest BCUT2D eigenvalue weighted by Crippen LogP contribution is 2.36. The average molecular weight is 624 g/mol. The second-order valence-corrected chi connectivity index (χ2v) is 13.3. The number of nitrogens with two attached hydrogens (primary N) is 1. The Labute approximate surface area is 225 Å². The van der Waals surface area contributed by atoms with Gasteiger partial charge in [0.1, 0.15) is 11.5 Å². The molecule has 0 aliphatic heterocycles. The number of amides is 1. The summed E-state index contributed by atoms with van der Waals surface area (Å²) in [6.45, 7) is 0.691. The summed E-state index contributed by atoms with van der Waals surface area (Å²) in [6.07, 6.45) is 0. The number of carbonyl (C=O) groups excluding carboxylic acids is 1. The Balaban J connectivity index is 2.06. The highest BCUT2D eigenvalue weighted by atomic mass is 32.2. The molecule has 212 valence electrons. The molecule has 1 amide bonds. The molecule has 3 rings (SSSR count). The summed E-state index contributed by atoms with van der Waals surface area (Å²) in [6, 6.07) is 3.69. The third kappa shape index (κ3) is 8.32. The van der Waals surface area contributed by atoms with Crippen molar-refractivity contribution >= 4 is 80.3 Å². The lowest BCUT2D eigenvalue weighted by molar-refractivity contribution is 0.1000. The van der Waals surface area contributed by atoms with Gasteiger partial charge in [0.05, 0.1) is 32.2 Å². The molecule has 17 nitrogen and oxygen atoms in total. The number of fused-ring (bicyclic) bond motifs is 1. The van der Waals surface area contributed by atoms with E-state index in [0.29, 0.717) is 10.2 Å². The van der Waals surface area contributed by atoms with Gasteiger partial charge in [0.2, 0.25) is 5.13 Å². The van der Waals surface area contributed by atoms with Crippen LogP contribution in [0.4, 0.5) is 22.5 Å². The number of nitrogens with zero attached hydrogens (tertiary/aromatic N) is 4. The van der Waals surface area contributed by atoms with E-state index in [9.17, 15) is 34.6 Å². The van der Waals surface area contributed by atoms with E-state index < -0.39 is 47.8 Å². The molecule has 0 unspecified atom stereocenters.